The maximum atomic E-state index is 13.2. The minimum absolute atomic E-state index is 0.0242. The van der Waals surface area contributed by atoms with Crippen LogP contribution in [0.4, 0.5) is 0 Å². The quantitative estimate of drug-likeness (QED) is 0.540. The van der Waals surface area contributed by atoms with Crippen molar-refractivity contribution in [3.63, 3.8) is 0 Å². The van der Waals surface area contributed by atoms with Crippen LogP contribution in [0.2, 0.25) is 5.02 Å². The summed E-state index contributed by atoms with van der Waals surface area (Å²) in [7, 11) is 0. The van der Waals surface area contributed by atoms with Crippen molar-refractivity contribution in [1.29, 1.82) is 0 Å². The van der Waals surface area contributed by atoms with Crippen molar-refractivity contribution in [3.05, 3.63) is 76.7 Å². The first-order valence-corrected chi connectivity index (χ1v) is 9.00. The van der Waals surface area contributed by atoms with Gasteiger partial charge in [-0.05, 0) is 29.7 Å². The lowest BCUT2D eigenvalue weighted by atomic mass is 10.0. The van der Waals surface area contributed by atoms with Crippen molar-refractivity contribution in [3.8, 4) is 0 Å². The molecule has 1 aliphatic heterocycles. The van der Waals surface area contributed by atoms with Crippen molar-refractivity contribution >= 4 is 39.2 Å². The average molecular weight is 362 g/mol. The van der Waals surface area contributed by atoms with Gasteiger partial charge in [-0.2, -0.15) is 0 Å². The lowest BCUT2D eigenvalue weighted by Gasteiger charge is -2.27. The molecule has 0 aliphatic carbocycles. The highest BCUT2D eigenvalue weighted by atomic mass is 35.5. The minimum atomic E-state index is -0.0242. The van der Waals surface area contributed by atoms with Crippen LogP contribution in [0.5, 0.6) is 0 Å². The van der Waals surface area contributed by atoms with Gasteiger partial charge in [0, 0.05) is 58.3 Å². The lowest BCUT2D eigenvalue weighted by Crippen LogP contribution is -2.36. The number of amides is 1. The monoisotopic (exact) mass is 361 g/mol. The van der Waals surface area contributed by atoms with E-state index in [2.05, 4.69) is 9.97 Å². The first-order chi connectivity index (χ1) is 12.7. The van der Waals surface area contributed by atoms with Gasteiger partial charge in [-0.3, -0.25) is 9.78 Å². The Morgan fingerprint density at radius 1 is 1.12 bits per heavy atom. The van der Waals surface area contributed by atoms with Crippen LogP contribution in [-0.2, 0) is 13.0 Å². The Balaban J connectivity index is 1.55. The predicted molar refractivity (Wildman–Crippen MR) is 103 cm³/mol. The molecule has 5 rings (SSSR count). The Labute approximate surface area is 155 Å². The van der Waals surface area contributed by atoms with Crippen molar-refractivity contribution < 1.29 is 4.79 Å². The standard InChI is InChI=1S/C21H16ClN3O/c22-14-5-6-18-16(11-14)17-12-25(10-8-19(17)24-18)21(26)20-15-4-2-1-3-13(15)7-9-23-20/h1-7,9,11,24H,8,10,12H2. The fraction of sp³-hybridized carbons (Fsp3) is 0.143. The van der Waals surface area contributed by atoms with E-state index < -0.39 is 0 Å². The molecule has 0 saturated heterocycles. The number of fused-ring (bicyclic) bond motifs is 4. The third-order valence-corrected chi connectivity index (χ3v) is 5.34. The van der Waals surface area contributed by atoms with Crippen LogP contribution >= 0.6 is 11.6 Å². The Hall–Kier alpha value is -2.85. The number of halogens is 1. The van der Waals surface area contributed by atoms with E-state index in [9.17, 15) is 4.79 Å². The summed E-state index contributed by atoms with van der Waals surface area (Å²) in [4.78, 5) is 22.9. The zero-order valence-corrected chi connectivity index (χ0v) is 14.8. The molecular formula is C21H16ClN3O. The van der Waals surface area contributed by atoms with E-state index in [1.165, 1.54) is 5.69 Å². The van der Waals surface area contributed by atoms with Crippen LogP contribution in [-0.4, -0.2) is 27.3 Å². The summed E-state index contributed by atoms with van der Waals surface area (Å²) >= 11 is 6.17. The number of nitrogens with one attached hydrogen (secondary N) is 1. The van der Waals surface area contributed by atoms with E-state index in [0.717, 1.165) is 33.7 Å². The van der Waals surface area contributed by atoms with Gasteiger partial charge >= 0.3 is 0 Å². The van der Waals surface area contributed by atoms with E-state index in [-0.39, 0.29) is 5.91 Å². The number of carbonyl (C=O) groups excluding carboxylic acids is 1. The van der Waals surface area contributed by atoms with Crippen molar-refractivity contribution in [1.82, 2.24) is 14.9 Å². The SMILES string of the molecule is O=C(c1nccc2ccccc12)N1CCc2[nH]c3ccc(Cl)cc3c2C1. The molecule has 0 saturated carbocycles. The van der Waals surface area contributed by atoms with E-state index in [4.69, 9.17) is 11.6 Å². The molecule has 4 aromatic rings. The molecule has 0 atom stereocenters. The molecule has 0 unspecified atom stereocenters. The van der Waals surface area contributed by atoms with Gasteiger partial charge in [-0.1, -0.05) is 35.9 Å². The number of nitrogens with zero attached hydrogens (tertiary/aromatic N) is 2. The normalized spacial score (nSPS) is 14.0. The summed E-state index contributed by atoms with van der Waals surface area (Å²) in [5, 5.41) is 3.73. The van der Waals surface area contributed by atoms with Crippen molar-refractivity contribution in [2.75, 3.05) is 6.54 Å². The Bertz CT molecular complexity index is 1160. The minimum Gasteiger partial charge on any atom is -0.358 e. The highest BCUT2D eigenvalue weighted by Crippen LogP contribution is 2.30. The third kappa shape index (κ3) is 2.37. The smallest absolute Gasteiger partial charge is 0.273 e. The molecule has 0 fully saturated rings. The maximum absolute atomic E-state index is 13.2. The van der Waals surface area contributed by atoms with Gasteiger partial charge in [0.1, 0.15) is 5.69 Å². The van der Waals surface area contributed by atoms with Crippen molar-refractivity contribution in [2.45, 2.75) is 13.0 Å². The van der Waals surface area contributed by atoms with E-state index in [1.807, 2.05) is 53.4 Å². The van der Waals surface area contributed by atoms with Crippen LogP contribution in [0.25, 0.3) is 21.7 Å². The molecule has 3 heterocycles. The van der Waals surface area contributed by atoms with Gasteiger partial charge in [-0.25, -0.2) is 0 Å². The van der Waals surface area contributed by atoms with Gasteiger partial charge in [0.25, 0.3) is 5.91 Å². The number of hydrogen-bond donors (Lipinski definition) is 1. The summed E-state index contributed by atoms with van der Waals surface area (Å²) < 4.78 is 0. The van der Waals surface area contributed by atoms with Crippen molar-refractivity contribution in [2.24, 2.45) is 0 Å². The predicted octanol–water partition coefficient (Wildman–Crippen LogP) is 4.57. The zero-order valence-electron chi connectivity index (χ0n) is 14.0. The number of carbonyl (C=O) groups is 1. The highest BCUT2D eigenvalue weighted by molar-refractivity contribution is 6.31. The second-order valence-corrected chi connectivity index (χ2v) is 7.07. The zero-order chi connectivity index (χ0) is 17.7. The summed E-state index contributed by atoms with van der Waals surface area (Å²) in [6.45, 7) is 1.25. The van der Waals surface area contributed by atoms with Gasteiger partial charge in [-0.15, -0.1) is 0 Å². The topological polar surface area (TPSA) is 49.0 Å². The van der Waals surface area contributed by atoms with E-state index >= 15 is 0 Å². The van der Waals surface area contributed by atoms with E-state index in [1.54, 1.807) is 6.20 Å². The molecule has 2 aromatic heterocycles. The summed E-state index contributed by atoms with van der Waals surface area (Å²) in [5.74, 6) is -0.0242. The number of aromatic amines is 1. The van der Waals surface area contributed by atoms with Crippen LogP contribution in [0.3, 0.4) is 0 Å². The number of benzene rings is 2. The molecular weight excluding hydrogens is 346 g/mol. The molecule has 1 N–H and O–H groups in total. The first kappa shape index (κ1) is 15.4. The van der Waals surface area contributed by atoms with Crippen LogP contribution in [0.1, 0.15) is 21.7 Å². The van der Waals surface area contributed by atoms with Crippen LogP contribution in [0, 0.1) is 0 Å². The summed E-state index contributed by atoms with van der Waals surface area (Å²) in [6.07, 6.45) is 2.51. The third-order valence-electron chi connectivity index (χ3n) is 5.10. The van der Waals surface area contributed by atoms with Crippen LogP contribution < -0.4 is 0 Å². The Kier molecular flexibility index (Phi) is 3.47. The Morgan fingerprint density at radius 3 is 2.92 bits per heavy atom. The average Bonchev–Trinajstić information content (AvgIpc) is 3.04. The Morgan fingerprint density at radius 2 is 2.00 bits per heavy atom. The molecule has 4 nitrogen and oxygen atoms in total. The highest BCUT2D eigenvalue weighted by Gasteiger charge is 2.26. The fourth-order valence-corrected chi connectivity index (χ4v) is 3.97. The maximum Gasteiger partial charge on any atom is 0.273 e. The summed E-state index contributed by atoms with van der Waals surface area (Å²) in [5.41, 5.74) is 3.93. The molecule has 2 aromatic carbocycles. The number of pyridine rings is 1. The van der Waals surface area contributed by atoms with Crippen LogP contribution in [0.15, 0.2) is 54.7 Å². The number of hydrogen-bond acceptors (Lipinski definition) is 2. The van der Waals surface area contributed by atoms with Gasteiger partial charge in [0.05, 0.1) is 0 Å². The van der Waals surface area contributed by atoms with Gasteiger partial charge < -0.3 is 9.88 Å². The number of rotatable bonds is 1. The molecule has 0 radical (unpaired) electrons. The molecule has 1 aliphatic rings. The first-order valence-electron chi connectivity index (χ1n) is 8.63. The molecule has 26 heavy (non-hydrogen) atoms. The molecule has 5 heteroatoms. The molecule has 128 valence electrons. The van der Waals surface area contributed by atoms with E-state index in [0.29, 0.717) is 23.8 Å². The second kappa shape index (κ2) is 5.85. The fourth-order valence-electron chi connectivity index (χ4n) is 3.80. The lowest BCUT2D eigenvalue weighted by molar-refractivity contribution is 0.0731. The van der Waals surface area contributed by atoms with Gasteiger partial charge in [0.2, 0.25) is 0 Å². The largest absolute Gasteiger partial charge is 0.358 e. The second-order valence-electron chi connectivity index (χ2n) is 6.63. The molecule has 0 spiro atoms. The van der Waals surface area contributed by atoms with Gasteiger partial charge in [0.15, 0.2) is 0 Å². The number of aromatic nitrogens is 2. The molecule has 0 bridgehead atoms. The number of H-pyrrole nitrogens is 1. The molecule has 1 amide bonds. The summed E-state index contributed by atoms with van der Waals surface area (Å²) in [6, 6.07) is 15.7.